The molecular formula is C20H13F3INS. The highest BCUT2D eigenvalue weighted by Crippen LogP contribution is 2.46. The van der Waals surface area contributed by atoms with E-state index in [4.69, 9.17) is 0 Å². The molecule has 1 aromatic heterocycles. The van der Waals surface area contributed by atoms with Gasteiger partial charge in [0, 0.05) is 15.5 Å². The molecule has 0 unspecified atom stereocenters. The molecule has 0 saturated carbocycles. The Morgan fingerprint density at radius 2 is 1.42 bits per heavy atom. The summed E-state index contributed by atoms with van der Waals surface area (Å²) in [5, 5.41) is 1.50. The molecule has 1 heterocycles. The van der Waals surface area contributed by atoms with Crippen molar-refractivity contribution in [3.05, 3.63) is 71.8 Å². The van der Waals surface area contributed by atoms with Gasteiger partial charge in [0.2, 0.25) is 0 Å². The lowest BCUT2D eigenvalue weighted by Gasteiger charge is -2.19. The summed E-state index contributed by atoms with van der Waals surface area (Å²) in [7, 11) is 0. The number of benzene rings is 3. The summed E-state index contributed by atoms with van der Waals surface area (Å²) in [6, 6.07) is 18.1. The molecule has 4 rings (SSSR count). The number of hydrogen-bond donors (Lipinski definition) is 0. The Morgan fingerprint density at radius 3 is 2.12 bits per heavy atom. The average molecular weight is 483 g/mol. The van der Waals surface area contributed by atoms with E-state index in [1.54, 1.807) is 6.07 Å². The lowest BCUT2D eigenvalue weighted by atomic mass is 10.1. The fourth-order valence-electron chi connectivity index (χ4n) is 3.10. The van der Waals surface area contributed by atoms with Gasteiger partial charge in [-0.2, -0.15) is 13.2 Å². The average Bonchev–Trinajstić information content (AvgIpc) is 2.99. The molecule has 0 atom stereocenters. The number of para-hydroxylation sites is 1. The van der Waals surface area contributed by atoms with Crippen molar-refractivity contribution >= 4 is 65.7 Å². The summed E-state index contributed by atoms with van der Waals surface area (Å²) in [6.07, 6.45) is -4.36. The van der Waals surface area contributed by atoms with Crippen LogP contribution in [0.15, 0.2) is 60.7 Å². The molecular weight excluding hydrogens is 470 g/mol. The number of fused-ring (bicyclic) bond motifs is 3. The van der Waals surface area contributed by atoms with Gasteiger partial charge in [0.15, 0.2) is 0 Å². The molecule has 0 saturated heterocycles. The van der Waals surface area contributed by atoms with Crippen LogP contribution >= 0.6 is 34.2 Å². The van der Waals surface area contributed by atoms with Crippen LogP contribution in [0.3, 0.4) is 0 Å². The van der Waals surface area contributed by atoms with E-state index in [1.165, 1.54) is 17.4 Å². The molecule has 0 aliphatic rings. The van der Waals surface area contributed by atoms with Crippen molar-refractivity contribution in [1.82, 2.24) is 0 Å². The first-order valence-corrected chi connectivity index (χ1v) is 9.69. The Hall–Kier alpha value is -1.80. The molecule has 3 aromatic carbocycles. The number of rotatable bonds is 2. The van der Waals surface area contributed by atoms with E-state index in [-0.39, 0.29) is 4.70 Å². The van der Waals surface area contributed by atoms with Crippen molar-refractivity contribution in [1.29, 1.82) is 0 Å². The maximum Gasteiger partial charge on any atom is 0.417 e. The molecule has 0 fully saturated rings. The van der Waals surface area contributed by atoms with Crippen LogP contribution < -0.4 is 3.11 Å². The Balaban J connectivity index is 1.99. The van der Waals surface area contributed by atoms with Crippen molar-refractivity contribution in [3.8, 4) is 0 Å². The number of nitrogens with zero attached hydrogens (tertiary/aromatic N) is 1. The number of anilines is 2. The highest BCUT2D eigenvalue weighted by molar-refractivity contribution is 14.1. The first kappa shape index (κ1) is 17.6. The van der Waals surface area contributed by atoms with Gasteiger partial charge in [-0.25, -0.2) is 0 Å². The van der Waals surface area contributed by atoms with E-state index < -0.39 is 11.7 Å². The molecule has 0 spiro atoms. The van der Waals surface area contributed by atoms with E-state index >= 15 is 0 Å². The first-order chi connectivity index (χ1) is 12.4. The summed E-state index contributed by atoms with van der Waals surface area (Å²) >= 11 is 3.42. The largest absolute Gasteiger partial charge is 0.417 e. The fourth-order valence-corrected chi connectivity index (χ4v) is 5.54. The molecule has 0 radical (unpaired) electrons. The third-order valence-corrected chi connectivity index (χ3v) is 6.66. The molecule has 26 heavy (non-hydrogen) atoms. The fraction of sp³-hybridized carbons (Fsp3) is 0.100. The number of alkyl halides is 3. The van der Waals surface area contributed by atoms with Crippen LogP contribution in [0.4, 0.5) is 24.5 Å². The first-order valence-electron chi connectivity index (χ1n) is 7.91. The standard InChI is InChI=1S/C20H13F3INS/c1-12-6-2-3-10-16(12)25(24)17-11-5-8-14-13-7-4-9-15(20(21,22)23)18(13)26-19(14)17/h2-11H,1H3. The Kier molecular flexibility index (Phi) is 4.35. The van der Waals surface area contributed by atoms with Crippen molar-refractivity contribution in [2.24, 2.45) is 0 Å². The predicted octanol–water partition coefficient (Wildman–Crippen LogP) is 7.87. The second kappa shape index (κ2) is 6.42. The van der Waals surface area contributed by atoms with Crippen LogP contribution in [-0.4, -0.2) is 0 Å². The minimum Gasteiger partial charge on any atom is -0.281 e. The van der Waals surface area contributed by atoms with Gasteiger partial charge in [-0.1, -0.05) is 42.5 Å². The molecule has 0 aliphatic carbocycles. The van der Waals surface area contributed by atoms with Crippen LogP contribution in [0.5, 0.6) is 0 Å². The smallest absolute Gasteiger partial charge is 0.281 e. The van der Waals surface area contributed by atoms with Gasteiger partial charge in [0.1, 0.15) is 0 Å². The topological polar surface area (TPSA) is 3.24 Å². The number of halogens is 4. The van der Waals surface area contributed by atoms with Crippen molar-refractivity contribution in [2.45, 2.75) is 13.1 Å². The lowest BCUT2D eigenvalue weighted by Crippen LogP contribution is -2.04. The van der Waals surface area contributed by atoms with E-state index in [2.05, 4.69) is 22.9 Å². The second-order valence-corrected chi connectivity index (χ2v) is 7.99. The van der Waals surface area contributed by atoms with Crippen LogP contribution in [0.25, 0.3) is 20.2 Å². The van der Waals surface area contributed by atoms with Crippen LogP contribution in [0.2, 0.25) is 0 Å². The summed E-state index contributed by atoms with van der Waals surface area (Å²) in [5.74, 6) is 0. The molecule has 0 amide bonds. The van der Waals surface area contributed by atoms with Gasteiger partial charge in [-0.15, -0.1) is 11.3 Å². The summed E-state index contributed by atoms with van der Waals surface area (Å²) in [5.41, 5.74) is 2.45. The van der Waals surface area contributed by atoms with E-state index in [0.717, 1.165) is 33.1 Å². The van der Waals surface area contributed by atoms with Crippen molar-refractivity contribution in [3.63, 3.8) is 0 Å². The predicted molar refractivity (Wildman–Crippen MR) is 112 cm³/mol. The number of hydrogen-bond acceptors (Lipinski definition) is 2. The van der Waals surface area contributed by atoms with Gasteiger partial charge >= 0.3 is 6.18 Å². The van der Waals surface area contributed by atoms with Gasteiger partial charge in [0.25, 0.3) is 0 Å². The van der Waals surface area contributed by atoms with E-state index in [0.29, 0.717) is 5.39 Å². The molecule has 6 heteroatoms. The third kappa shape index (κ3) is 2.85. The second-order valence-electron chi connectivity index (χ2n) is 6.00. The van der Waals surface area contributed by atoms with Gasteiger partial charge in [-0.05, 0) is 30.7 Å². The highest BCUT2D eigenvalue weighted by atomic mass is 127. The van der Waals surface area contributed by atoms with Crippen molar-refractivity contribution < 1.29 is 13.2 Å². The molecule has 0 bridgehead atoms. The Bertz CT molecular complexity index is 1120. The Labute approximate surface area is 166 Å². The zero-order chi connectivity index (χ0) is 18.5. The van der Waals surface area contributed by atoms with E-state index in [9.17, 15) is 13.2 Å². The van der Waals surface area contributed by atoms with Crippen molar-refractivity contribution in [2.75, 3.05) is 3.11 Å². The molecule has 1 nitrogen and oxygen atoms in total. The zero-order valence-corrected chi connectivity index (χ0v) is 16.6. The monoisotopic (exact) mass is 483 g/mol. The quantitative estimate of drug-likeness (QED) is 0.207. The molecule has 4 aromatic rings. The zero-order valence-electron chi connectivity index (χ0n) is 13.6. The molecule has 132 valence electrons. The maximum absolute atomic E-state index is 13.4. The molecule has 0 aliphatic heterocycles. The normalized spacial score (nSPS) is 12.0. The molecule has 0 N–H and O–H groups in total. The summed E-state index contributed by atoms with van der Waals surface area (Å²) in [6.45, 7) is 2.02. The van der Waals surface area contributed by atoms with Crippen LogP contribution in [0.1, 0.15) is 11.1 Å². The maximum atomic E-state index is 13.4. The summed E-state index contributed by atoms with van der Waals surface area (Å²) in [4.78, 5) is 0. The van der Waals surface area contributed by atoms with E-state index in [1.807, 2.05) is 52.5 Å². The minimum atomic E-state index is -4.36. The van der Waals surface area contributed by atoms with Gasteiger partial charge < -0.3 is 0 Å². The van der Waals surface area contributed by atoms with Gasteiger partial charge in [-0.3, -0.25) is 3.11 Å². The van der Waals surface area contributed by atoms with Crippen LogP contribution in [-0.2, 0) is 6.18 Å². The van der Waals surface area contributed by atoms with Gasteiger partial charge in [0.05, 0.1) is 44.5 Å². The third-order valence-electron chi connectivity index (χ3n) is 4.35. The van der Waals surface area contributed by atoms with Crippen LogP contribution in [0, 0.1) is 6.92 Å². The SMILES string of the molecule is Cc1ccccc1N(I)c1cccc2c1sc1c(C(F)(F)F)cccc12. The highest BCUT2D eigenvalue weighted by Gasteiger charge is 2.33. The lowest BCUT2D eigenvalue weighted by molar-refractivity contribution is -0.136. The summed E-state index contributed by atoms with van der Waals surface area (Å²) < 4.78 is 43.4. The number of aryl methyl sites for hydroxylation is 1. The Morgan fingerprint density at radius 1 is 0.808 bits per heavy atom. The number of thiophene rings is 1. The minimum absolute atomic E-state index is 0.289.